The molecular formula is C21H14ClNO3S2. The number of hydrogen-bond acceptors (Lipinski definition) is 4. The molecule has 0 unspecified atom stereocenters. The highest BCUT2D eigenvalue weighted by Crippen LogP contribution is 2.38. The van der Waals surface area contributed by atoms with Gasteiger partial charge in [0.15, 0.2) is 5.04 Å². The van der Waals surface area contributed by atoms with Crippen LogP contribution >= 0.6 is 23.4 Å². The van der Waals surface area contributed by atoms with Crippen LogP contribution in [0, 0.1) is 6.92 Å². The molecule has 1 aliphatic rings. The van der Waals surface area contributed by atoms with E-state index in [4.69, 9.17) is 11.6 Å². The zero-order valence-electron chi connectivity index (χ0n) is 14.7. The van der Waals surface area contributed by atoms with Crippen molar-refractivity contribution in [3.8, 4) is 11.1 Å². The lowest BCUT2D eigenvalue weighted by Crippen LogP contribution is -2.18. The van der Waals surface area contributed by atoms with Crippen LogP contribution in [-0.2, 0) is 10.0 Å². The van der Waals surface area contributed by atoms with Gasteiger partial charge in [-0.1, -0.05) is 78.0 Å². The average Bonchev–Trinajstić information content (AvgIpc) is 2.69. The van der Waals surface area contributed by atoms with Crippen molar-refractivity contribution in [2.24, 2.45) is 4.40 Å². The molecule has 28 heavy (non-hydrogen) atoms. The molecule has 0 spiro atoms. The Morgan fingerprint density at radius 2 is 1.61 bits per heavy atom. The van der Waals surface area contributed by atoms with E-state index >= 15 is 0 Å². The largest absolute Gasteiger partial charge is 0.286 e. The Kier molecular flexibility index (Phi) is 4.87. The molecule has 1 heterocycles. The molecule has 0 N–H and O–H groups in total. The summed E-state index contributed by atoms with van der Waals surface area (Å²) in [5.41, 5.74) is 3.02. The molecule has 4 nitrogen and oxygen atoms in total. The predicted octanol–water partition coefficient (Wildman–Crippen LogP) is 5.39. The second kappa shape index (κ2) is 7.20. The number of Topliss-reactive ketones (excluding diaryl/α,β-unsaturated/α-hetero) is 1. The third-order valence-electron chi connectivity index (χ3n) is 4.36. The van der Waals surface area contributed by atoms with Gasteiger partial charge in [0.05, 0.1) is 0 Å². The molecule has 0 radical (unpaired) electrons. The van der Waals surface area contributed by atoms with Crippen LogP contribution in [0.3, 0.4) is 0 Å². The zero-order valence-corrected chi connectivity index (χ0v) is 17.1. The van der Waals surface area contributed by atoms with E-state index in [1.54, 1.807) is 25.1 Å². The van der Waals surface area contributed by atoms with Gasteiger partial charge < -0.3 is 0 Å². The number of rotatable bonds is 3. The van der Waals surface area contributed by atoms with Crippen LogP contribution in [0.15, 0.2) is 80.9 Å². The van der Waals surface area contributed by atoms with Gasteiger partial charge in [-0.2, -0.15) is 8.42 Å². The summed E-state index contributed by atoms with van der Waals surface area (Å²) < 4.78 is 28.8. The third-order valence-corrected chi connectivity index (χ3v) is 7.36. The number of thioether (sulfide) groups is 1. The van der Waals surface area contributed by atoms with E-state index in [-0.39, 0.29) is 9.94 Å². The van der Waals surface area contributed by atoms with E-state index in [0.717, 1.165) is 22.9 Å². The summed E-state index contributed by atoms with van der Waals surface area (Å²) in [5, 5.41) is 0.363. The molecule has 4 rings (SSSR count). The number of nitrogens with zero attached hydrogens (tertiary/aromatic N) is 1. The molecule has 0 aliphatic carbocycles. The minimum atomic E-state index is -3.95. The number of carbonyl (C=O) groups excluding carboxylic acids is 1. The fourth-order valence-corrected chi connectivity index (χ4v) is 5.76. The summed E-state index contributed by atoms with van der Waals surface area (Å²) in [6.45, 7) is 1.72. The van der Waals surface area contributed by atoms with Gasteiger partial charge in [0.2, 0.25) is 5.78 Å². The molecule has 0 saturated heterocycles. The summed E-state index contributed by atoms with van der Waals surface area (Å²) in [4.78, 5) is 13.3. The molecule has 0 bridgehead atoms. The van der Waals surface area contributed by atoms with Crippen molar-refractivity contribution in [1.82, 2.24) is 0 Å². The van der Waals surface area contributed by atoms with Crippen molar-refractivity contribution < 1.29 is 13.2 Å². The number of carbonyl (C=O) groups is 1. The summed E-state index contributed by atoms with van der Waals surface area (Å²) in [6, 6.07) is 19.9. The van der Waals surface area contributed by atoms with Crippen molar-refractivity contribution in [2.75, 3.05) is 0 Å². The smallest absolute Gasteiger partial charge is 0.284 e. The number of sulfonamides is 1. The van der Waals surface area contributed by atoms with Gasteiger partial charge >= 0.3 is 0 Å². The number of fused-ring (bicyclic) bond motifs is 1. The maximum atomic E-state index is 12.8. The Morgan fingerprint density at radius 3 is 2.29 bits per heavy atom. The number of aryl methyl sites for hydroxylation is 1. The standard InChI is InChI=1S/C21H14ClNO3S2/c1-13-11-19-18(12-17(13)22)27-21(23-28(19,25)26)20(24)16-9-7-15(8-10-16)14-5-3-2-4-6-14/h2-12H,1H3. The Hall–Kier alpha value is -2.41. The number of benzene rings is 3. The van der Waals surface area contributed by atoms with Crippen molar-refractivity contribution in [3.63, 3.8) is 0 Å². The lowest BCUT2D eigenvalue weighted by Gasteiger charge is -2.16. The van der Waals surface area contributed by atoms with E-state index in [0.29, 0.717) is 21.0 Å². The first-order valence-electron chi connectivity index (χ1n) is 8.38. The van der Waals surface area contributed by atoms with Crippen LogP contribution in [0.25, 0.3) is 11.1 Å². The molecule has 3 aromatic carbocycles. The fourth-order valence-electron chi connectivity index (χ4n) is 2.86. The highest BCUT2D eigenvalue weighted by Gasteiger charge is 2.30. The van der Waals surface area contributed by atoms with Crippen LogP contribution in [0.1, 0.15) is 15.9 Å². The van der Waals surface area contributed by atoms with Gasteiger partial charge in [-0.05, 0) is 35.7 Å². The minimum Gasteiger partial charge on any atom is -0.286 e. The molecule has 0 fully saturated rings. The lowest BCUT2D eigenvalue weighted by molar-refractivity contribution is 0.106. The zero-order chi connectivity index (χ0) is 19.9. The van der Waals surface area contributed by atoms with Crippen LogP contribution < -0.4 is 0 Å². The highest BCUT2D eigenvalue weighted by molar-refractivity contribution is 8.17. The highest BCUT2D eigenvalue weighted by atomic mass is 35.5. The SMILES string of the molecule is Cc1cc2c(cc1Cl)SC(C(=O)c1ccc(-c3ccccc3)cc1)=NS2(=O)=O. The van der Waals surface area contributed by atoms with Gasteiger partial charge in [0, 0.05) is 15.5 Å². The van der Waals surface area contributed by atoms with Gasteiger partial charge in [-0.15, -0.1) is 4.40 Å². The molecule has 140 valence electrons. The van der Waals surface area contributed by atoms with Gasteiger partial charge in [0.25, 0.3) is 10.0 Å². The van der Waals surface area contributed by atoms with Crippen LogP contribution in [-0.4, -0.2) is 19.2 Å². The van der Waals surface area contributed by atoms with Crippen molar-refractivity contribution in [3.05, 3.63) is 82.9 Å². The van der Waals surface area contributed by atoms with Crippen LogP contribution in [0.4, 0.5) is 0 Å². The van der Waals surface area contributed by atoms with Crippen molar-refractivity contribution in [2.45, 2.75) is 16.7 Å². The van der Waals surface area contributed by atoms with Gasteiger partial charge in [0.1, 0.15) is 4.90 Å². The second-order valence-corrected chi connectivity index (χ2v) is 9.30. The first-order valence-corrected chi connectivity index (χ1v) is 11.0. The first-order chi connectivity index (χ1) is 13.3. The van der Waals surface area contributed by atoms with E-state index in [2.05, 4.69) is 4.40 Å². The van der Waals surface area contributed by atoms with Gasteiger partial charge in [-0.25, -0.2) is 0 Å². The summed E-state index contributed by atoms with van der Waals surface area (Å²) in [5.74, 6) is -0.435. The molecule has 0 amide bonds. The Morgan fingerprint density at radius 1 is 0.964 bits per heavy atom. The van der Waals surface area contributed by atoms with E-state index in [1.165, 1.54) is 6.07 Å². The average molecular weight is 428 g/mol. The maximum absolute atomic E-state index is 12.8. The predicted molar refractivity (Wildman–Crippen MR) is 113 cm³/mol. The molecule has 0 saturated carbocycles. The normalized spacial score (nSPS) is 14.9. The van der Waals surface area contributed by atoms with Crippen LogP contribution in [0.5, 0.6) is 0 Å². The Bertz CT molecular complexity index is 1220. The monoisotopic (exact) mass is 427 g/mol. The van der Waals surface area contributed by atoms with Gasteiger partial charge in [-0.3, -0.25) is 4.79 Å². The molecule has 0 aromatic heterocycles. The third kappa shape index (κ3) is 3.51. The molecule has 0 atom stereocenters. The molecule has 7 heteroatoms. The fraction of sp³-hybridized carbons (Fsp3) is 0.0476. The summed E-state index contributed by atoms with van der Waals surface area (Å²) >= 11 is 7.15. The summed E-state index contributed by atoms with van der Waals surface area (Å²) in [6.07, 6.45) is 0. The minimum absolute atomic E-state index is 0.0791. The van der Waals surface area contributed by atoms with Crippen LogP contribution in [0.2, 0.25) is 5.02 Å². The Balaban J connectivity index is 1.67. The number of hydrogen-bond donors (Lipinski definition) is 0. The van der Waals surface area contributed by atoms with Crippen molar-refractivity contribution >= 4 is 44.2 Å². The quantitative estimate of drug-likeness (QED) is 0.525. The van der Waals surface area contributed by atoms with E-state index in [1.807, 2.05) is 42.5 Å². The Labute approximate surface area is 172 Å². The topological polar surface area (TPSA) is 63.6 Å². The summed E-state index contributed by atoms with van der Waals surface area (Å²) in [7, 11) is -3.95. The molecular weight excluding hydrogens is 414 g/mol. The second-order valence-electron chi connectivity index (χ2n) is 6.29. The molecule has 3 aromatic rings. The lowest BCUT2D eigenvalue weighted by atomic mass is 10.0. The maximum Gasteiger partial charge on any atom is 0.284 e. The first kappa shape index (κ1) is 18.9. The van der Waals surface area contributed by atoms with Crippen molar-refractivity contribution in [1.29, 1.82) is 0 Å². The number of halogens is 1. The number of ketones is 1. The molecule has 1 aliphatic heterocycles. The van der Waals surface area contributed by atoms with E-state index < -0.39 is 15.8 Å². The van der Waals surface area contributed by atoms with E-state index in [9.17, 15) is 13.2 Å².